The van der Waals surface area contributed by atoms with Crippen LogP contribution in [0.3, 0.4) is 0 Å². The van der Waals surface area contributed by atoms with Crippen molar-refractivity contribution in [3.63, 3.8) is 0 Å². The number of hydrogen-bond donors (Lipinski definition) is 2. The summed E-state index contributed by atoms with van der Waals surface area (Å²) in [4.78, 5) is 26.0. The van der Waals surface area contributed by atoms with Gasteiger partial charge in [0.1, 0.15) is 0 Å². The number of aromatic nitrogens is 3. The molecule has 0 fully saturated rings. The van der Waals surface area contributed by atoms with Gasteiger partial charge in [-0.15, -0.1) is 11.3 Å². The Morgan fingerprint density at radius 3 is 2.43 bits per heavy atom. The Balaban J connectivity index is 1.47. The summed E-state index contributed by atoms with van der Waals surface area (Å²) in [6, 6.07) is 17.0. The van der Waals surface area contributed by atoms with Crippen LogP contribution in [-0.4, -0.2) is 20.9 Å². The average molecular weight is 480 g/mol. The second-order valence-corrected chi connectivity index (χ2v) is 8.45. The van der Waals surface area contributed by atoms with Crippen molar-refractivity contribution in [2.24, 2.45) is 0 Å². The van der Waals surface area contributed by atoms with Crippen molar-refractivity contribution in [3.05, 3.63) is 81.4 Å². The normalized spacial score (nSPS) is 10.6. The molecule has 0 atom stereocenters. The summed E-state index contributed by atoms with van der Waals surface area (Å²) in [6.07, 6.45) is 0. The van der Waals surface area contributed by atoms with Crippen molar-refractivity contribution in [3.8, 4) is 11.3 Å². The van der Waals surface area contributed by atoms with Gasteiger partial charge in [0, 0.05) is 38.1 Å². The van der Waals surface area contributed by atoms with Crippen LogP contribution in [0.1, 0.15) is 21.7 Å². The largest absolute Gasteiger partial charge is 0.324 e. The van der Waals surface area contributed by atoms with Crippen LogP contribution in [0, 0.1) is 13.8 Å². The standard InChI is InChI=1S/C22H18BrN5OS/c1-13-10-14(2)25-21(24-13)26-18-5-3-4-16(11-18)20(29)28-22-27-19(12-30-22)15-6-8-17(23)9-7-15/h3-12H,1-2H3,(H,24,25,26)(H,27,28,29). The second-order valence-electron chi connectivity index (χ2n) is 6.68. The molecule has 0 aliphatic rings. The van der Waals surface area contributed by atoms with Crippen molar-refractivity contribution in [1.82, 2.24) is 15.0 Å². The average Bonchev–Trinajstić information content (AvgIpc) is 3.16. The molecule has 0 spiro atoms. The summed E-state index contributed by atoms with van der Waals surface area (Å²) in [6.45, 7) is 3.83. The quantitative estimate of drug-likeness (QED) is 0.368. The summed E-state index contributed by atoms with van der Waals surface area (Å²) < 4.78 is 1.01. The summed E-state index contributed by atoms with van der Waals surface area (Å²) in [5.41, 5.74) is 4.83. The number of carbonyl (C=O) groups is 1. The molecule has 2 aromatic heterocycles. The molecule has 4 aromatic rings. The van der Waals surface area contributed by atoms with Gasteiger partial charge in [-0.2, -0.15) is 0 Å². The first-order valence-corrected chi connectivity index (χ1v) is 10.9. The lowest BCUT2D eigenvalue weighted by Crippen LogP contribution is -2.12. The van der Waals surface area contributed by atoms with Gasteiger partial charge in [0.2, 0.25) is 5.95 Å². The van der Waals surface area contributed by atoms with Crippen LogP contribution in [0.5, 0.6) is 0 Å². The van der Waals surface area contributed by atoms with Gasteiger partial charge in [-0.3, -0.25) is 10.1 Å². The Morgan fingerprint density at radius 2 is 1.70 bits per heavy atom. The van der Waals surface area contributed by atoms with Crippen LogP contribution in [-0.2, 0) is 0 Å². The molecule has 2 N–H and O–H groups in total. The first-order chi connectivity index (χ1) is 14.5. The predicted octanol–water partition coefficient (Wildman–Crippen LogP) is 5.98. The van der Waals surface area contributed by atoms with Crippen LogP contribution in [0.15, 0.2) is 64.5 Å². The topological polar surface area (TPSA) is 79.8 Å². The maximum absolute atomic E-state index is 12.7. The molecule has 2 aromatic carbocycles. The Kier molecular flexibility index (Phi) is 5.87. The molecule has 0 radical (unpaired) electrons. The number of rotatable bonds is 5. The molecule has 6 nitrogen and oxygen atoms in total. The molecule has 2 heterocycles. The Hall–Kier alpha value is -3.10. The van der Waals surface area contributed by atoms with Gasteiger partial charge in [0.15, 0.2) is 5.13 Å². The molecular formula is C22H18BrN5OS. The molecule has 4 rings (SSSR count). The minimum Gasteiger partial charge on any atom is -0.324 e. The van der Waals surface area contributed by atoms with E-state index in [4.69, 9.17) is 0 Å². The molecule has 8 heteroatoms. The fourth-order valence-corrected chi connectivity index (χ4v) is 3.88. The molecular weight excluding hydrogens is 462 g/mol. The number of thiazole rings is 1. The van der Waals surface area contributed by atoms with E-state index in [1.165, 1.54) is 11.3 Å². The number of nitrogens with zero attached hydrogens (tertiary/aromatic N) is 3. The fourth-order valence-electron chi connectivity index (χ4n) is 2.90. The molecule has 0 aliphatic carbocycles. The van der Waals surface area contributed by atoms with E-state index in [1.807, 2.05) is 61.7 Å². The highest BCUT2D eigenvalue weighted by Crippen LogP contribution is 2.26. The minimum absolute atomic E-state index is 0.225. The summed E-state index contributed by atoms with van der Waals surface area (Å²) >= 11 is 4.82. The highest BCUT2D eigenvalue weighted by atomic mass is 79.9. The van der Waals surface area contributed by atoms with Crippen LogP contribution < -0.4 is 10.6 Å². The molecule has 1 amide bonds. The molecule has 30 heavy (non-hydrogen) atoms. The second kappa shape index (κ2) is 8.73. The van der Waals surface area contributed by atoms with E-state index in [9.17, 15) is 4.79 Å². The van der Waals surface area contributed by atoms with Gasteiger partial charge in [0.25, 0.3) is 5.91 Å². The van der Waals surface area contributed by atoms with Crippen molar-refractivity contribution >= 4 is 49.9 Å². The number of anilines is 3. The highest BCUT2D eigenvalue weighted by molar-refractivity contribution is 9.10. The van der Waals surface area contributed by atoms with E-state index < -0.39 is 0 Å². The Morgan fingerprint density at radius 1 is 0.967 bits per heavy atom. The van der Waals surface area contributed by atoms with Crippen LogP contribution in [0.4, 0.5) is 16.8 Å². The predicted molar refractivity (Wildman–Crippen MR) is 124 cm³/mol. The number of aryl methyl sites for hydroxylation is 2. The van der Waals surface area contributed by atoms with E-state index in [0.29, 0.717) is 16.6 Å². The lowest BCUT2D eigenvalue weighted by atomic mass is 10.2. The minimum atomic E-state index is -0.225. The maximum Gasteiger partial charge on any atom is 0.257 e. The van der Waals surface area contributed by atoms with Crippen LogP contribution in [0.25, 0.3) is 11.3 Å². The van der Waals surface area contributed by atoms with Gasteiger partial charge >= 0.3 is 0 Å². The van der Waals surface area contributed by atoms with Gasteiger partial charge in [-0.25, -0.2) is 15.0 Å². The molecule has 0 aliphatic heterocycles. The van der Waals surface area contributed by atoms with E-state index in [1.54, 1.807) is 12.1 Å². The lowest BCUT2D eigenvalue weighted by molar-refractivity contribution is 0.102. The molecule has 150 valence electrons. The molecule has 0 unspecified atom stereocenters. The molecule has 0 saturated carbocycles. The highest BCUT2D eigenvalue weighted by Gasteiger charge is 2.11. The zero-order valence-corrected chi connectivity index (χ0v) is 18.7. The number of carbonyl (C=O) groups excluding carboxylic acids is 1. The van der Waals surface area contributed by atoms with Crippen molar-refractivity contribution < 1.29 is 4.79 Å². The summed E-state index contributed by atoms with van der Waals surface area (Å²) in [7, 11) is 0. The van der Waals surface area contributed by atoms with E-state index >= 15 is 0 Å². The van der Waals surface area contributed by atoms with Crippen molar-refractivity contribution in [2.45, 2.75) is 13.8 Å². The van der Waals surface area contributed by atoms with Gasteiger partial charge in [-0.1, -0.05) is 34.1 Å². The van der Waals surface area contributed by atoms with E-state index in [2.05, 4.69) is 41.5 Å². The van der Waals surface area contributed by atoms with E-state index in [-0.39, 0.29) is 5.91 Å². The third kappa shape index (κ3) is 4.90. The smallest absolute Gasteiger partial charge is 0.257 e. The third-order valence-corrected chi connectivity index (χ3v) is 5.51. The summed E-state index contributed by atoms with van der Waals surface area (Å²) in [5, 5.41) is 8.50. The molecule has 0 saturated heterocycles. The van der Waals surface area contributed by atoms with Gasteiger partial charge in [-0.05, 0) is 50.2 Å². The maximum atomic E-state index is 12.7. The van der Waals surface area contributed by atoms with Crippen molar-refractivity contribution in [1.29, 1.82) is 0 Å². The van der Waals surface area contributed by atoms with Gasteiger partial charge in [0.05, 0.1) is 5.69 Å². The number of amides is 1. The number of halogens is 1. The number of hydrogen-bond acceptors (Lipinski definition) is 6. The summed E-state index contributed by atoms with van der Waals surface area (Å²) in [5.74, 6) is 0.279. The third-order valence-electron chi connectivity index (χ3n) is 4.23. The van der Waals surface area contributed by atoms with Gasteiger partial charge < -0.3 is 5.32 Å². The lowest BCUT2D eigenvalue weighted by Gasteiger charge is -2.08. The van der Waals surface area contributed by atoms with Crippen LogP contribution in [0.2, 0.25) is 0 Å². The first-order valence-electron chi connectivity index (χ1n) is 9.18. The Bertz CT molecular complexity index is 1190. The Labute approximate surface area is 186 Å². The fraction of sp³-hybridized carbons (Fsp3) is 0.0909. The van der Waals surface area contributed by atoms with E-state index in [0.717, 1.165) is 32.8 Å². The molecule has 0 bridgehead atoms. The number of nitrogens with one attached hydrogen (secondary N) is 2. The zero-order valence-electron chi connectivity index (χ0n) is 16.3. The zero-order chi connectivity index (χ0) is 21.1. The number of benzene rings is 2. The first kappa shape index (κ1) is 20.2. The van der Waals surface area contributed by atoms with Crippen molar-refractivity contribution in [2.75, 3.05) is 10.6 Å². The SMILES string of the molecule is Cc1cc(C)nc(Nc2cccc(C(=O)Nc3nc(-c4ccc(Br)cc4)cs3)c2)n1. The van der Waals surface area contributed by atoms with Crippen LogP contribution >= 0.6 is 27.3 Å². The monoisotopic (exact) mass is 479 g/mol.